The molecule has 1 aliphatic heterocycles. The second-order valence-corrected chi connectivity index (χ2v) is 8.11. The first-order chi connectivity index (χ1) is 8.96. The number of thiazole rings is 1. The predicted molar refractivity (Wildman–Crippen MR) is 72.5 cm³/mol. The standard InChI is InChI=1S/C11H15N3O3S2/c1-7-6-18-11(12-7)13-10(15)8-4-14(5-8)19(16,17)9-2-3-9/h6,8-9H,2-5H2,1H3,(H,12,13,15). The van der Waals surface area contributed by atoms with Crippen LogP contribution in [-0.4, -0.2) is 42.0 Å². The molecule has 1 saturated heterocycles. The minimum atomic E-state index is -3.12. The van der Waals surface area contributed by atoms with Crippen LogP contribution in [0.4, 0.5) is 5.13 Å². The van der Waals surface area contributed by atoms with Crippen LogP contribution in [0.1, 0.15) is 18.5 Å². The molecule has 0 radical (unpaired) electrons. The maximum atomic E-state index is 11.9. The van der Waals surface area contributed by atoms with Crippen LogP contribution in [0, 0.1) is 12.8 Å². The Morgan fingerprint density at radius 2 is 2.16 bits per heavy atom. The zero-order chi connectivity index (χ0) is 13.6. The van der Waals surface area contributed by atoms with Gasteiger partial charge in [0, 0.05) is 18.5 Å². The lowest BCUT2D eigenvalue weighted by Crippen LogP contribution is -2.55. The van der Waals surface area contributed by atoms with Gasteiger partial charge in [-0.25, -0.2) is 13.4 Å². The van der Waals surface area contributed by atoms with E-state index in [1.165, 1.54) is 15.6 Å². The lowest BCUT2D eigenvalue weighted by Gasteiger charge is -2.36. The molecule has 19 heavy (non-hydrogen) atoms. The number of carbonyl (C=O) groups excluding carboxylic acids is 1. The summed E-state index contributed by atoms with van der Waals surface area (Å²) in [6.45, 7) is 2.46. The minimum Gasteiger partial charge on any atom is -0.302 e. The Labute approximate surface area is 115 Å². The van der Waals surface area contributed by atoms with E-state index in [-0.39, 0.29) is 17.1 Å². The zero-order valence-corrected chi connectivity index (χ0v) is 12.1. The fourth-order valence-corrected chi connectivity index (χ4v) is 4.63. The Morgan fingerprint density at radius 3 is 2.68 bits per heavy atom. The first-order valence-corrected chi connectivity index (χ1v) is 8.57. The minimum absolute atomic E-state index is 0.142. The van der Waals surface area contributed by atoms with Gasteiger partial charge in [0.1, 0.15) is 0 Å². The second-order valence-electron chi connectivity index (χ2n) is 5.04. The first kappa shape index (κ1) is 13.0. The monoisotopic (exact) mass is 301 g/mol. The molecule has 1 amide bonds. The van der Waals surface area contributed by atoms with Gasteiger partial charge in [-0.2, -0.15) is 4.31 Å². The van der Waals surface area contributed by atoms with Crippen LogP contribution in [0.25, 0.3) is 0 Å². The molecule has 8 heteroatoms. The van der Waals surface area contributed by atoms with Crippen molar-refractivity contribution in [1.82, 2.24) is 9.29 Å². The molecule has 1 aromatic rings. The number of hydrogen-bond donors (Lipinski definition) is 1. The Bertz CT molecular complexity index is 600. The summed E-state index contributed by atoms with van der Waals surface area (Å²) in [4.78, 5) is 16.0. The Balaban J connectivity index is 1.54. The molecule has 2 aliphatic rings. The summed E-state index contributed by atoms with van der Waals surface area (Å²) in [6.07, 6.45) is 1.52. The van der Waals surface area contributed by atoms with Crippen LogP contribution in [-0.2, 0) is 14.8 Å². The van der Waals surface area contributed by atoms with E-state index in [2.05, 4.69) is 10.3 Å². The van der Waals surface area contributed by atoms with Crippen molar-refractivity contribution in [3.63, 3.8) is 0 Å². The number of hydrogen-bond acceptors (Lipinski definition) is 5. The molecule has 6 nitrogen and oxygen atoms in total. The molecule has 0 atom stereocenters. The average Bonchev–Trinajstić information content (AvgIpc) is 3.02. The van der Waals surface area contributed by atoms with E-state index in [0.717, 1.165) is 18.5 Å². The highest BCUT2D eigenvalue weighted by Crippen LogP contribution is 2.34. The third kappa shape index (κ3) is 2.52. The Kier molecular flexibility index (Phi) is 3.11. The Hall–Kier alpha value is -0.990. The fourth-order valence-electron chi connectivity index (χ4n) is 2.01. The molecule has 1 N–H and O–H groups in total. The number of aromatic nitrogens is 1. The van der Waals surface area contributed by atoms with E-state index >= 15 is 0 Å². The number of anilines is 1. The van der Waals surface area contributed by atoms with Crippen LogP contribution in [0.15, 0.2) is 5.38 Å². The van der Waals surface area contributed by atoms with Gasteiger partial charge in [0.2, 0.25) is 15.9 Å². The largest absolute Gasteiger partial charge is 0.302 e. The highest BCUT2D eigenvalue weighted by molar-refractivity contribution is 7.90. The average molecular weight is 301 g/mol. The summed E-state index contributed by atoms with van der Waals surface area (Å²) >= 11 is 1.38. The highest BCUT2D eigenvalue weighted by atomic mass is 32.2. The maximum Gasteiger partial charge on any atom is 0.231 e. The molecular formula is C11H15N3O3S2. The number of amides is 1. The van der Waals surface area contributed by atoms with Crippen LogP contribution in [0.5, 0.6) is 0 Å². The Morgan fingerprint density at radius 1 is 1.47 bits per heavy atom. The van der Waals surface area contributed by atoms with Gasteiger partial charge in [0.15, 0.2) is 5.13 Å². The van der Waals surface area contributed by atoms with E-state index < -0.39 is 10.0 Å². The van der Waals surface area contributed by atoms with Crippen LogP contribution < -0.4 is 5.32 Å². The van der Waals surface area contributed by atoms with Gasteiger partial charge in [-0.15, -0.1) is 11.3 Å². The number of aryl methyl sites for hydroxylation is 1. The second kappa shape index (κ2) is 4.53. The molecule has 2 fully saturated rings. The van der Waals surface area contributed by atoms with Crippen molar-refractivity contribution in [3.8, 4) is 0 Å². The number of rotatable bonds is 4. The topological polar surface area (TPSA) is 79.4 Å². The number of carbonyl (C=O) groups is 1. The lowest BCUT2D eigenvalue weighted by atomic mass is 10.0. The first-order valence-electron chi connectivity index (χ1n) is 6.19. The van der Waals surface area contributed by atoms with Gasteiger partial charge in [-0.3, -0.25) is 4.79 Å². The van der Waals surface area contributed by atoms with Gasteiger partial charge in [0.05, 0.1) is 16.9 Å². The smallest absolute Gasteiger partial charge is 0.231 e. The molecule has 0 unspecified atom stereocenters. The van der Waals surface area contributed by atoms with Crippen molar-refractivity contribution in [3.05, 3.63) is 11.1 Å². The van der Waals surface area contributed by atoms with Crippen molar-refractivity contribution < 1.29 is 13.2 Å². The van der Waals surface area contributed by atoms with E-state index in [4.69, 9.17) is 0 Å². The normalized spacial score (nSPS) is 21.1. The summed E-state index contributed by atoms with van der Waals surface area (Å²) in [5.74, 6) is -0.394. The van der Waals surface area contributed by atoms with Crippen LogP contribution >= 0.6 is 11.3 Å². The SMILES string of the molecule is Cc1csc(NC(=O)C2CN(S(=O)(=O)C3CC3)C2)n1. The summed E-state index contributed by atoms with van der Waals surface area (Å²) in [5, 5.41) is 4.97. The molecular weight excluding hydrogens is 286 g/mol. The van der Waals surface area contributed by atoms with Gasteiger partial charge < -0.3 is 5.32 Å². The van der Waals surface area contributed by atoms with E-state index in [0.29, 0.717) is 18.2 Å². The molecule has 0 spiro atoms. The number of nitrogens with one attached hydrogen (secondary N) is 1. The van der Waals surface area contributed by atoms with Crippen molar-refractivity contribution >= 4 is 32.4 Å². The van der Waals surface area contributed by atoms with Gasteiger partial charge >= 0.3 is 0 Å². The molecule has 2 heterocycles. The van der Waals surface area contributed by atoms with Gasteiger partial charge in [-0.05, 0) is 19.8 Å². The fraction of sp³-hybridized carbons (Fsp3) is 0.636. The van der Waals surface area contributed by atoms with Crippen molar-refractivity contribution in [2.24, 2.45) is 5.92 Å². The molecule has 1 aromatic heterocycles. The molecule has 0 aromatic carbocycles. The summed E-state index contributed by atoms with van der Waals surface area (Å²) in [5.41, 5.74) is 0.867. The van der Waals surface area contributed by atoms with Gasteiger partial charge in [-0.1, -0.05) is 0 Å². The number of nitrogens with zero attached hydrogens (tertiary/aromatic N) is 2. The molecule has 0 bridgehead atoms. The van der Waals surface area contributed by atoms with E-state index in [1.54, 1.807) is 0 Å². The highest BCUT2D eigenvalue weighted by Gasteiger charge is 2.46. The molecule has 1 aliphatic carbocycles. The summed E-state index contributed by atoms with van der Waals surface area (Å²) in [6, 6.07) is 0. The van der Waals surface area contributed by atoms with E-state index in [9.17, 15) is 13.2 Å². The van der Waals surface area contributed by atoms with Crippen molar-refractivity contribution in [2.75, 3.05) is 18.4 Å². The third-order valence-electron chi connectivity index (χ3n) is 3.37. The van der Waals surface area contributed by atoms with Crippen LogP contribution in [0.3, 0.4) is 0 Å². The quantitative estimate of drug-likeness (QED) is 0.892. The maximum absolute atomic E-state index is 11.9. The lowest BCUT2D eigenvalue weighted by molar-refractivity contribution is -0.122. The van der Waals surface area contributed by atoms with Crippen molar-refractivity contribution in [1.29, 1.82) is 0 Å². The zero-order valence-electron chi connectivity index (χ0n) is 10.5. The summed E-state index contributed by atoms with van der Waals surface area (Å²) < 4.78 is 25.2. The molecule has 104 valence electrons. The number of sulfonamides is 1. The molecule has 1 saturated carbocycles. The predicted octanol–water partition coefficient (Wildman–Crippen LogP) is 0.814. The summed E-state index contributed by atoms with van der Waals surface area (Å²) in [7, 11) is -3.12. The van der Waals surface area contributed by atoms with Gasteiger partial charge in [0.25, 0.3) is 0 Å². The third-order valence-corrected chi connectivity index (χ3v) is 6.58. The van der Waals surface area contributed by atoms with Crippen molar-refractivity contribution in [2.45, 2.75) is 25.0 Å². The van der Waals surface area contributed by atoms with Crippen LogP contribution in [0.2, 0.25) is 0 Å². The molecule has 3 rings (SSSR count). The van der Waals surface area contributed by atoms with E-state index in [1.807, 2.05) is 12.3 Å².